The summed E-state index contributed by atoms with van der Waals surface area (Å²) in [6.45, 7) is 4.11. The molecular weight excluding hydrogens is 312 g/mol. The molecule has 3 heterocycles. The van der Waals surface area contributed by atoms with Crippen molar-refractivity contribution >= 4 is 26.7 Å². The number of nitrogens with one attached hydrogen (secondary N) is 1. The quantitative estimate of drug-likeness (QED) is 0.869. The number of hydrogen-bond acceptors (Lipinski definition) is 7. The molecule has 0 atom stereocenters. The molecule has 1 saturated heterocycles. The number of aromatic nitrogens is 4. The van der Waals surface area contributed by atoms with Crippen LogP contribution in [0.1, 0.15) is 12.7 Å². The first-order chi connectivity index (χ1) is 10.1. The van der Waals surface area contributed by atoms with E-state index < -0.39 is 10.0 Å². The first-order valence-corrected chi connectivity index (χ1v) is 8.89. The van der Waals surface area contributed by atoms with E-state index in [4.69, 9.17) is 0 Å². The smallest absolute Gasteiger partial charge is 0.260 e. The molecule has 21 heavy (non-hydrogen) atoms. The molecule has 8 nitrogen and oxygen atoms in total. The molecule has 1 aliphatic heterocycles. The molecule has 2 aromatic rings. The highest BCUT2D eigenvalue weighted by molar-refractivity contribution is 7.89. The van der Waals surface area contributed by atoms with Gasteiger partial charge in [-0.1, -0.05) is 6.92 Å². The first kappa shape index (κ1) is 14.4. The molecule has 2 aromatic heterocycles. The van der Waals surface area contributed by atoms with Crippen molar-refractivity contribution < 1.29 is 8.42 Å². The van der Waals surface area contributed by atoms with E-state index in [1.165, 1.54) is 28.1 Å². The van der Waals surface area contributed by atoms with Crippen LogP contribution in [-0.4, -0.2) is 58.5 Å². The lowest BCUT2D eigenvalue weighted by Crippen LogP contribution is -2.48. The van der Waals surface area contributed by atoms with Crippen LogP contribution < -0.4 is 4.90 Å². The Morgan fingerprint density at radius 3 is 2.67 bits per heavy atom. The molecule has 0 unspecified atom stereocenters. The number of H-pyrrole nitrogens is 1. The number of sulfonamides is 1. The van der Waals surface area contributed by atoms with Crippen LogP contribution in [0.5, 0.6) is 0 Å². The molecule has 0 amide bonds. The zero-order chi connectivity index (χ0) is 14.9. The normalized spacial score (nSPS) is 17.3. The van der Waals surface area contributed by atoms with Crippen molar-refractivity contribution in [2.45, 2.75) is 18.4 Å². The van der Waals surface area contributed by atoms with Gasteiger partial charge in [0.2, 0.25) is 5.13 Å². The van der Waals surface area contributed by atoms with Crippen LogP contribution in [0.15, 0.2) is 17.3 Å². The first-order valence-electron chi connectivity index (χ1n) is 6.68. The van der Waals surface area contributed by atoms with E-state index in [1.807, 2.05) is 6.92 Å². The Morgan fingerprint density at radius 1 is 1.33 bits per heavy atom. The summed E-state index contributed by atoms with van der Waals surface area (Å²) in [5, 5.41) is 7.22. The van der Waals surface area contributed by atoms with Gasteiger partial charge in [-0.3, -0.25) is 5.10 Å². The molecule has 0 radical (unpaired) electrons. The lowest BCUT2D eigenvalue weighted by molar-refractivity contribution is 0.383. The molecule has 1 N–H and O–H groups in total. The average Bonchev–Trinajstić information content (AvgIpc) is 3.19. The molecule has 0 saturated carbocycles. The minimum atomic E-state index is -3.47. The van der Waals surface area contributed by atoms with E-state index >= 15 is 0 Å². The molecule has 0 aromatic carbocycles. The SMILES string of the molecule is CCc1nsc(N2CCN(S(=O)(=O)c3ccn[nH]3)CC2)n1. The highest BCUT2D eigenvalue weighted by Gasteiger charge is 2.30. The second-order valence-electron chi connectivity index (χ2n) is 4.66. The number of anilines is 1. The Labute approximate surface area is 127 Å². The van der Waals surface area contributed by atoms with Gasteiger partial charge in [0.1, 0.15) is 5.82 Å². The molecule has 0 aliphatic carbocycles. The van der Waals surface area contributed by atoms with E-state index in [1.54, 1.807) is 0 Å². The van der Waals surface area contributed by atoms with Crippen molar-refractivity contribution in [2.75, 3.05) is 31.1 Å². The summed E-state index contributed by atoms with van der Waals surface area (Å²) in [6, 6.07) is 1.47. The molecule has 3 rings (SSSR count). The van der Waals surface area contributed by atoms with Crippen LogP contribution in [-0.2, 0) is 16.4 Å². The maximum absolute atomic E-state index is 12.4. The Kier molecular flexibility index (Phi) is 3.91. The topological polar surface area (TPSA) is 95.1 Å². The van der Waals surface area contributed by atoms with Gasteiger partial charge in [0, 0.05) is 44.1 Å². The van der Waals surface area contributed by atoms with Crippen LogP contribution >= 0.6 is 11.5 Å². The lowest BCUT2D eigenvalue weighted by Gasteiger charge is -2.33. The van der Waals surface area contributed by atoms with Crippen molar-refractivity contribution in [3.05, 3.63) is 18.1 Å². The second kappa shape index (κ2) is 5.70. The van der Waals surface area contributed by atoms with E-state index in [9.17, 15) is 8.42 Å². The second-order valence-corrected chi connectivity index (χ2v) is 7.30. The molecule has 0 spiro atoms. The third-order valence-electron chi connectivity index (χ3n) is 3.38. The van der Waals surface area contributed by atoms with Crippen molar-refractivity contribution in [1.29, 1.82) is 0 Å². The largest absolute Gasteiger partial charge is 0.344 e. The van der Waals surface area contributed by atoms with Crippen molar-refractivity contribution in [3.63, 3.8) is 0 Å². The molecular formula is C11H16N6O2S2. The predicted molar refractivity (Wildman–Crippen MR) is 78.8 cm³/mol. The standard InChI is InChI=1S/C11H16N6O2S2/c1-2-9-13-11(20-15-9)16-5-7-17(8-6-16)21(18,19)10-3-4-12-14-10/h3-4H,2,5-8H2,1H3,(H,12,14). The highest BCUT2D eigenvalue weighted by atomic mass is 32.2. The maximum Gasteiger partial charge on any atom is 0.260 e. The van der Waals surface area contributed by atoms with Crippen LogP contribution in [0.3, 0.4) is 0 Å². The summed E-state index contributed by atoms with van der Waals surface area (Å²) >= 11 is 1.37. The van der Waals surface area contributed by atoms with E-state index in [-0.39, 0.29) is 5.03 Å². The fourth-order valence-corrected chi connectivity index (χ4v) is 4.29. The number of aromatic amines is 1. The van der Waals surface area contributed by atoms with Gasteiger partial charge in [0.05, 0.1) is 6.20 Å². The van der Waals surface area contributed by atoms with E-state index in [0.717, 1.165) is 17.4 Å². The third-order valence-corrected chi connectivity index (χ3v) is 6.02. The van der Waals surface area contributed by atoms with Gasteiger partial charge in [-0.05, 0) is 6.07 Å². The lowest BCUT2D eigenvalue weighted by atomic mass is 10.4. The van der Waals surface area contributed by atoms with Gasteiger partial charge in [-0.15, -0.1) is 0 Å². The van der Waals surface area contributed by atoms with Crippen molar-refractivity contribution in [3.8, 4) is 0 Å². The average molecular weight is 328 g/mol. The number of piperazine rings is 1. The minimum Gasteiger partial charge on any atom is -0.344 e. The number of rotatable bonds is 4. The van der Waals surface area contributed by atoms with Crippen molar-refractivity contribution in [1.82, 2.24) is 23.9 Å². The van der Waals surface area contributed by atoms with E-state index in [0.29, 0.717) is 26.2 Å². The Morgan fingerprint density at radius 2 is 2.10 bits per heavy atom. The summed E-state index contributed by atoms with van der Waals surface area (Å²) in [5.74, 6) is 0.836. The highest BCUT2D eigenvalue weighted by Crippen LogP contribution is 2.21. The zero-order valence-corrected chi connectivity index (χ0v) is 13.2. The monoisotopic (exact) mass is 328 g/mol. The van der Waals surface area contributed by atoms with E-state index in [2.05, 4.69) is 24.5 Å². The van der Waals surface area contributed by atoms with Gasteiger partial charge in [-0.2, -0.15) is 13.8 Å². The maximum atomic E-state index is 12.4. The van der Waals surface area contributed by atoms with Crippen molar-refractivity contribution in [2.24, 2.45) is 0 Å². The zero-order valence-electron chi connectivity index (χ0n) is 11.6. The molecule has 0 bridgehead atoms. The van der Waals surface area contributed by atoms with Gasteiger partial charge in [-0.25, -0.2) is 13.4 Å². The minimum absolute atomic E-state index is 0.139. The van der Waals surface area contributed by atoms with Crippen LogP contribution in [0.2, 0.25) is 0 Å². The summed E-state index contributed by atoms with van der Waals surface area (Å²) < 4.78 is 30.4. The Bertz CT molecular complexity index is 688. The molecule has 114 valence electrons. The van der Waals surface area contributed by atoms with Gasteiger partial charge in [0.25, 0.3) is 10.0 Å². The number of hydrogen-bond donors (Lipinski definition) is 1. The third kappa shape index (κ3) is 2.78. The van der Waals surface area contributed by atoms with Crippen LogP contribution in [0.25, 0.3) is 0 Å². The number of aryl methyl sites for hydroxylation is 1. The Balaban J connectivity index is 1.68. The molecule has 1 fully saturated rings. The van der Waals surface area contributed by atoms with Crippen LogP contribution in [0.4, 0.5) is 5.13 Å². The summed E-state index contributed by atoms with van der Waals surface area (Å²) in [6.07, 6.45) is 2.25. The fraction of sp³-hybridized carbons (Fsp3) is 0.545. The number of nitrogens with zero attached hydrogens (tertiary/aromatic N) is 5. The van der Waals surface area contributed by atoms with Gasteiger partial charge in [0.15, 0.2) is 5.03 Å². The summed E-state index contributed by atoms with van der Waals surface area (Å²) in [4.78, 5) is 6.52. The predicted octanol–water partition coefficient (Wildman–Crippen LogP) is 0.334. The summed E-state index contributed by atoms with van der Waals surface area (Å²) in [7, 11) is -3.47. The fourth-order valence-electron chi connectivity index (χ4n) is 2.16. The molecule has 1 aliphatic rings. The summed E-state index contributed by atoms with van der Waals surface area (Å²) in [5.41, 5.74) is 0. The van der Waals surface area contributed by atoms with Crippen LogP contribution in [0, 0.1) is 0 Å². The Hall–Kier alpha value is -1.52. The van der Waals surface area contributed by atoms with Gasteiger partial charge < -0.3 is 4.90 Å². The molecule has 10 heteroatoms. The van der Waals surface area contributed by atoms with Gasteiger partial charge >= 0.3 is 0 Å².